The lowest BCUT2D eigenvalue weighted by Crippen LogP contribution is -1.82. The molecule has 0 aliphatic carbocycles. The van der Waals surface area contributed by atoms with E-state index in [9.17, 15) is 4.79 Å². The predicted octanol–water partition coefficient (Wildman–Crippen LogP) is 4.24. The number of hydrogen-bond acceptors (Lipinski definition) is 3. The maximum Gasteiger partial charge on any atom is 0.169 e. The second-order valence-electron chi connectivity index (χ2n) is 3.21. The molecular weight excluding hydrogens is 265 g/mol. The molecule has 0 spiro atoms. The number of aryl methyl sites for hydroxylation is 1. The molecule has 1 aromatic carbocycles. The summed E-state index contributed by atoms with van der Waals surface area (Å²) < 4.78 is 0. The van der Waals surface area contributed by atoms with E-state index >= 15 is 0 Å². The first-order chi connectivity index (χ1) is 7.61. The number of thiazole rings is 1. The Kier molecular flexibility index (Phi) is 3.28. The quantitative estimate of drug-likeness (QED) is 0.765. The molecule has 0 amide bonds. The van der Waals surface area contributed by atoms with Crippen LogP contribution in [0.4, 0.5) is 0 Å². The summed E-state index contributed by atoms with van der Waals surface area (Å²) in [5.41, 5.74) is 1.35. The number of benzene rings is 1. The van der Waals surface area contributed by atoms with Crippen molar-refractivity contribution in [2.45, 2.75) is 6.92 Å². The van der Waals surface area contributed by atoms with Crippen molar-refractivity contribution in [3.8, 4) is 10.6 Å². The van der Waals surface area contributed by atoms with Gasteiger partial charge in [-0.1, -0.05) is 29.3 Å². The van der Waals surface area contributed by atoms with Gasteiger partial charge in [0.05, 0.1) is 10.0 Å². The highest BCUT2D eigenvalue weighted by molar-refractivity contribution is 7.15. The largest absolute Gasteiger partial charge is 0.296 e. The molecule has 0 aliphatic heterocycles. The van der Waals surface area contributed by atoms with E-state index in [0.717, 1.165) is 21.7 Å². The van der Waals surface area contributed by atoms with Crippen molar-refractivity contribution in [3.63, 3.8) is 0 Å². The standard InChI is InChI=1S/C11H7Cl2NOS/c1-6-10(5-15)14-11(16-6)7-2-3-8(12)9(13)4-7/h2-5H,1H3. The number of aromatic nitrogens is 1. The van der Waals surface area contributed by atoms with Gasteiger partial charge in [-0.15, -0.1) is 11.3 Å². The minimum absolute atomic E-state index is 0.478. The Morgan fingerprint density at radius 2 is 2.06 bits per heavy atom. The summed E-state index contributed by atoms with van der Waals surface area (Å²) in [6, 6.07) is 5.30. The first-order valence-corrected chi connectivity index (χ1v) is 6.07. The maximum absolute atomic E-state index is 10.7. The van der Waals surface area contributed by atoms with Gasteiger partial charge in [0.2, 0.25) is 0 Å². The van der Waals surface area contributed by atoms with Gasteiger partial charge in [0.15, 0.2) is 6.29 Å². The van der Waals surface area contributed by atoms with Gasteiger partial charge in [0.1, 0.15) is 10.7 Å². The third kappa shape index (κ3) is 2.12. The average molecular weight is 272 g/mol. The molecule has 2 nitrogen and oxygen atoms in total. The monoisotopic (exact) mass is 271 g/mol. The van der Waals surface area contributed by atoms with E-state index < -0.39 is 0 Å². The molecule has 0 bridgehead atoms. The Balaban J connectivity index is 2.50. The van der Waals surface area contributed by atoms with Crippen LogP contribution in [-0.2, 0) is 0 Å². The normalized spacial score (nSPS) is 10.4. The van der Waals surface area contributed by atoms with Gasteiger partial charge in [-0.2, -0.15) is 0 Å². The summed E-state index contributed by atoms with van der Waals surface area (Å²) in [4.78, 5) is 15.8. The molecule has 5 heteroatoms. The molecule has 1 aromatic heterocycles. The Morgan fingerprint density at radius 1 is 1.31 bits per heavy atom. The first-order valence-electron chi connectivity index (χ1n) is 4.50. The molecule has 2 rings (SSSR count). The number of carbonyl (C=O) groups is 1. The first kappa shape index (κ1) is 11.6. The fraction of sp³-hybridized carbons (Fsp3) is 0.0909. The zero-order chi connectivity index (χ0) is 11.7. The average Bonchev–Trinajstić information content (AvgIpc) is 2.64. The van der Waals surface area contributed by atoms with Gasteiger partial charge in [0, 0.05) is 10.4 Å². The third-order valence-corrected chi connectivity index (χ3v) is 3.89. The molecule has 0 aliphatic rings. The topological polar surface area (TPSA) is 30.0 Å². The van der Waals surface area contributed by atoms with Crippen LogP contribution in [0.3, 0.4) is 0 Å². The number of nitrogens with zero attached hydrogens (tertiary/aromatic N) is 1. The van der Waals surface area contributed by atoms with Crippen LogP contribution in [0.15, 0.2) is 18.2 Å². The lowest BCUT2D eigenvalue weighted by Gasteiger charge is -1.98. The van der Waals surface area contributed by atoms with Crippen LogP contribution in [0, 0.1) is 6.92 Å². The summed E-state index contributed by atoms with van der Waals surface area (Å²) in [6.45, 7) is 1.86. The number of carbonyl (C=O) groups excluding carboxylic acids is 1. The van der Waals surface area contributed by atoms with Crippen LogP contribution in [-0.4, -0.2) is 11.3 Å². The second kappa shape index (κ2) is 4.53. The molecule has 0 fully saturated rings. The lowest BCUT2D eigenvalue weighted by molar-refractivity contribution is 0.111. The minimum atomic E-state index is 0.478. The highest BCUT2D eigenvalue weighted by Gasteiger charge is 2.09. The zero-order valence-corrected chi connectivity index (χ0v) is 10.7. The molecule has 0 saturated heterocycles. The highest BCUT2D eigenvalue weighted by atomic mass is 35.5. The summed E-state index contributed by atoms with van der Waals surface area (Å²) in [6.07, 6.45) is 0.757. The van der Waals surface area contributed by atoms with Gasteiger partial charge < -0.3 is 0 Å². The van der Waals surface area contributed by atoms with Crippen molar-refractivity contribution in [3.05, 3.63) is 38.8 Å². The van der Waals surface area contributed by atoms with Crippen LogP contribution < -0.4 is 0 Å². The van der Waals surface area contributed by atoms with Gasteiger partial charge in [-0.3, -0.25) is 4.79 Å². The van der Waals surface area contributed by atoms with Crippen LogP contribution in [0.25, 0.3) is 10.6 Å². The molecule has 16 heavy (non-hydrogen) atoms. The van der Waals surface area contributed by atoms with Crippen molar-refractivity contribution in [2.75, 3.05) is 0 Å². The molecule has 82 valence electrons. The van der Waals surface area contributed by atoms with E-state index in [1.807, 2.05) is 13.0 Å². The van der Waals surface area contributed by atoms with Crippen LogP contribution in [0.1, 0.15) is 15.4 Å². The molecule has 0 unspecified atom stereocenters. The van der Waals surface area contributed by atoms with Crippen molar-refractivity contribution in [2.24, 2.45) is 0 Å². The minimum Gasteiger partial charge on any atom is -0.296 e. The molecule has 0 atom stereocenters. The Labute approximate surface area is 107 Å². The molecule has 2 aromatic rings. The summed E-state index contributed by atoms with van der Waals surface area (Å²) in [7, 11) is 0. The van der Waals surface area contributed by atoms with E-state index in [4.69, 9.17) is 23.2 Å². The molecule has 0 saturated carbocycles. The fourth-order valence-corrected chi connectivity index (χ4v) is 2.45. The SMILES string of the molecule is Cc1sc(-c2ccc(Cl)c(Cl)c2)nc1C=O. The van der Waals surface area contributed by atoms with E-state index in [-0.39, 0.29) is 0 Å². The predicted molar refractivity (Wildman–Crippen MR) is 67.7 cm³/mol. The van der Waals surface area contributed by atoms with E-state index in [2.05, 4.69) is 4.98 Å². The van der Waals surface area contributed by atoms with Crippen molar-refractivity contribution < 1.29 is 4.79 Å². The van der Waals surface area contributed by atoms with Crippen LogP contribution in [0.5, 0.6) is 0 Å². The van der Waals surface area contributed by atoms with Crippen molar-refractivity contribution in [1.82, 2.24) is 4.98 Å². The Hall–Kier alpha value is -0.900. The summed E-state index contributed by atoms with van der Waals surface area (Å²) >= 11 is 13.2. The van der Waals surface area contributed by atoms with E-state index in [1.54, 1.807) is 12.1 Å². The van der Waals surface area contributed by atoms with Gasteiger partial charge in [-0.25, -0.2) is 4.98 Å². The number of hydrogen-bond donors (Lipinski definition) is 0. The second-order valence-corrected chi connectivity index (χ2v) is 5.22. The summed E-state index contributed by atoms with van der Waals surface area (Å²) in [5.74, 6) is 0. The van der Waals surface area contributed by atoms with Gasteiger partial charge in [0.25, 0.3) is 0 Å². The van der Waals surface area contributed by atoms with E-state index in [0.29, 0.717) is 15.7 Å². The number of aldehydes is 1. The van der Waals surface area contributed by atoms with Crippen LogP contribution >= 0.6 is 34.5 Å². The van der Waals surface area contributed by atoms with Gasteiger partial charge in [-0.05, 0) is 19.1 Å². The number of halogens is 2. The smallest absolute Gasteiger partial charge is 0.169 e. The van der Waals surface area contributed by atoms with Crippen molar-refractivity contribution >= 4 is 40.8 Å². The Bertz CT molecular complexity index is 551. The van der Waals surface area contributed by atoms with Crippen molar-refractivity contribution in [1.29, 1.82) is 0 Å². The summed E-state index contributed by atoms with van der Waals surface area (Å²) in [5, 5.41) is 1.77. The third-order valence-electron chi connectivity index (χ3n) is 2.11. The van der Waals surface area contributed by atoms with Gasteiger partial charge >= 0.3 is 0 Å². The molecule has 1 heterocycles. The molecular formula is C11H7Cl2NOS. The number of rotatable bonds is 2. The van der Waals surface area contributed by atoms with E-state index in [1.165, 1.54) is 11.3 Å². The molecule has 0 N–H and O–H groups in total. The lowest BCUT2D eigenvalue weighted by atomic mass is 10.2. The maximum atomic E-state index is 10.7. The zero-order valence-electron chi connectivity index (χ0n) is 8.33. The Morgan fingerprint density at radius 3 is 2.62 bits per heavy atom. The van der Waals surface area contributed by atoms with Crippen LogP contribution in [0.2, 0.25) is 10.0 Å². The highest BCUT2D eigenvalue weighted by Crippen LogP contribution is 2.31. The fourth-order valence-electron chi connectivity index (χ4n) is 1.27. The molecule has 0 radical (unpaired) electrons.